The van der Waals surface area contributed by atoms with Crippen LogP contribution in [0.3, 0.4) is 0 Å². The van der Waals surface area contributed by atoms with Crippen LogP contribution in [0, 0.1) is 40.6 Å². The molecule has 0 bridgehead atoms. The molecular formula is C29H30F3NO. The second kappa shape index (κ2) is 11.1. The first-order valence-corrected chi connectivity index (χ1v) is 12.1. The molecule has 1 aliphatic carbocycles. The zero-order valence-electron chi connectivity index (χ0n) is 19.5. The van der Waals surface area contributed by atoms with Crippen molar-refractivity contribution in [3.05, 3.63) is 82.2 Å². The molecule has 34 heavy (non-hydrogen) atoms. The number of halogens is 3. The number of aryl methyl sites for hydroxylation is 3. The van der Waals surface area contributed by atoms with Crippen molar-refractivity contribution < 1.29 is 17.9 Å². The number of hydrogen-bond donors (Lipinski definition) is 0. The molecule has 0 aromatic heterocycles. The van der Waals surface area contributed by atoms with Crippen LogP contribution < -0.4 is 0 Å². The van der Waals surface area contributed by atoms with E-state index in [1.807, 2.05) is 18.2 Å². The highest BCUT2D eigenvalue weighted by Crippen LogP contribution is 2.32. The van der Waals surface area contributed by atoms with Crippen LogP contribution >= 0.6 is 0 Å². The summed E-state index contributed by atoms with van der Waals surface area (Å²) < 4.78 is 48.1. The molecular weight excluding hydrogens is 435 g/mol. The van der Waals surface area contributed by atoms with E-state index in [2.05, 4.69) is 6.07 Å². The van der Waals surface area contributed by atoms with E-state index >= 15 is 4.39 Å². The van der Waals surface area contributed by atoms with Gasteiger partial charge in [0.2, 0.25) is 0 Å². The van der Waals surface area contributed by atoms with Gasteiger partial charge in [0, 0.05) is 19.1 Å². The summed E-state index contributed by atoms with van der Waals surface area (Å²) in [6, 6.07) is 13.4. The van der Waals surface area contributed by atoms with Crippen LogP contribution in [0.4, 0.5) is 13.2 Å². The fraction of sp³-hybridized carbons (Fsp3) is 0.414. The second-order valence-corrected chi connectivity index (χ2v) is 9.52. The first-order chi connectivity index (χ1) is 16.5. The van der Waals surface area contributed by atoms with Crippen LogP contribution in [0.5, 0.6) is 0 Å². The first-order valence-electron chi connectivity index (χ1n) is 12.1. The largest absolute Gasteiger partial charge is 0.384 e. The van der Waals surface area contributed by atoms with Gasteiger partial charge >= 0.3 is 0 Å². The van der Waals surface area contributed by atoms with Gasteiger partial charge in [-0.1, -0.05) is 43.2 Å². The molecule has 5 heteroatoms. The van der Waals surface area contributed by atoms with Gasteiger partial charge in [-0.05, 0) is 84.6 Å². The molecule has 1 fully saturated rings. The predicted octanol–water partition coefficient (Wildman–Crippen LogP) is 7.30. The highest BCUT2D eigenvalue weighted by Gasteiger charge is 2.21. The minimum Gasteiger partial charge on any atom is -0.384 e. The fourth-order valence-corrected chi connectivity index (χ4v) is 5.18. The Morgan fingerprint density at radius 1 is 0.853 bits per heavy atom. The Labute approximate surface area is 199 Å². The Morgan fingerprint density at radius 3 is 2.24 bits per heavy atom. The summed E-state index contributed by atoms with van der Waals surface area (Å²) in [6.45, 7) is 0.867. The normalized spacial score (nSPS) is 18.2. The Morgan fingerprint density at radius 2 is 1.56 bits per heavy atom. The van der Waals surface area contributed by atoms with Gasteiger partial charge in [0.1, 0.15) is 29.1 Å². The van der Waals surface area contributed by atoms with Gasteiger partial charge in [0.25, 0.3) is 0 Å². The highest BCUT2D eigenvalue weighted by atomic mass is 19.1. The van der Waals surface area contributed by atoms with Gasteiger partial charge in [-0.25, -0.2) is 13.2 Å². The first kappa shape index (κ1) is 24.3. The zero-order valence-corrected chi connectivity index (χ0v) is 19.5. The minimum absolute atomic E-state index is 0.282. The third-order valence-electron chi connectivity index (χ3n) is 7.21. The number of fused-ring (bicyclic) bond motifs is 1. The standard InChI is InChI=1S/C29H30F3NO/c1-34-18-21-6-3-19(4-7-21)2-5-20-9-13-25-24(14-20)12-11-23(29(25)32)10-8-22-15-27(30)26(17-33)28(31)16-22/h9,11-16,19,21H,2-8,10,18H2,1H3. The number of hydrogen-bond acceptors (Lipinski definition) is 2. The molecule has 0 saturated heterocycles. The second-order valence-electron chi connectivity index (χ2n) is 9.52. The molecule has 3 aromatic carbocycles. The van der Waals surface area contributed by atoms with Crippen molar-refractivity contribution in [1.82, 2.24) is 0 Å². The SMILES string of the molecule is COCC1CCC(CCc2ccc3c(F)c(CCc4cc(F)c(C#N)c(F)c4)ccc3c2)CC1. The molecule has 4 rings (SSSR count). The van der Waals surface area contributed by atoms with Crippen LogP contribution in [0.1, 0.15) is 54.4 Å². The van der Waals surface area contributed by atoms with Crippen molar-refractivity contribution in [2.75, 3.05) is 13.7 Å². The van der Waals surface area contributed by atoms with E-state index in [1.54, 1.807) is 13.2 Å². The lowest BCUT2D eigenvalue weighted by Gasteiger charge is -2.28. The molecule has 0 N–H and O–H groups in total. The number of methoxy groups -OCH3 is 1. The molecule has 178 valence electrons. The number of ether oxygens (including phenoxy) is 1. The summed E-state index contributed by atoms with van der Waals surface area (Å²) in [5.74, 6) is -0.594. The Balaban J connectivity index is 1.39. The zero-order chi connectivity index (χ0) is 24.1. The highest BCUT2D eigenvalue weighted by molar-refractivity contribution is 5.84. The average Bonchev–Trinajstić information content (AvgIpc) is 2.83. The molecule has 0 atom stereocenters. The molecule has 1 aliphatic rings. The lowest BCUT2D eigenvalue weighted by molar-refractivity contribution is 0.117. The van der Waals surface area contributed by atoms with Crippen molar-refractivity contribution in [2.45, 2.75) is 51.4 Å². The number of benzene rings is 3. The monoisotopic (exact) mass is 465 g/mol. The number of rotatable bonds is 8. The molecule has 0 heterocycles. The van der Waals surface area contributed by atoms with E-state index in [4.69, 9.17) is 10.00 Å². The van der Waals surface area contributed by atoms with E-state index in [1.165, 1.54) is 37.3 Å². The molecule has 0 aliphatic heterocycles. The van der Waals surface area contributed by atoms with Gasteiger partial charge in [-0.3, -0.25) is 0 Å². The van der Waals surface area contributed by atoms with E-state index < -0.39 is 17.2 Å². The van der Waals surface area contributed by atoms with Gasteiger partial charge < -0.3 is 4.74 Å². The lowest BCUT2D eigenvalue weighted by Crippen LogP contribution is -2.18. The van der Waals surface area contributed by atoms with Crippen molar-refractivity contribution >= 4 is 10.8 Å². The van der Waals surface area contributed by atoms with Crippen molar-refractivity contribution in [2.24, 2.45) is 11.8 Å². The van der Waals surface area contributed by atoms with Gasteiger partial charge in [0.15, 0.2) is 0 Å². The van der Waals surface area contributed by atoms with E-state index in [-0.39, 0.29) is 12.2 Å². The number of nitrogens with zero attached hydrogens (tertiary/aromatic N) is 1. The minimum atomic E-state index is -0.882. The maximum Gasteiger partial charge on any atom is 0.144 e. The molecule has 3 aromatic rings. The van der Waals surface area contributed by atoms with E-state index in [0.29, 0.717) is 28.9 Å². The van der Waals surface area contributed by atoms with Crippen LogP contribution in [0.25, 0.3) is 10.8 Å². The molecule has 0 spiro atoms. The molecule has 1 saturated carbocycles. The van der Waals surface area contributed by atoms with Crippen molar-refractivity contribution in [3.8, 4) is 6.07 Å². The van der Waals surface area contributed by atoms with Crippen LogP contribution in [0.2, 0.25) is 0 Å². The maximum absolute atomic E-state index is 15.2. The average molecular weight is 466 g/mol. The Hall–Kier alpha value is -2.84. The Kier molecular flexibility index (Phi) is 7.90. The lowest BCUT2D eigenvalue weighted by atomic mass is 9.80. The third kappa shape index (κ3) is 5.62. The van der Waals surface area contributed by atoms with Gasteiger partial charge in [-0.2, -0.15) is 5.26 Å². The molecule has 0 radical (unpaired) electrons. The number of nitriles is 1. The summed E-state index contributed by atoms with van der Waals surface area (Å²) in [7, 11) is 1.77. The topological polar surface area (TPSA) is 33.0 Å². The van der Waals surface area contributed by atoms with Crippen LogP contribution in [-0.2, 0) is 24.0 Å². The maximum atomic E-state index is 15.2. The summed E-state index contributed by atoms with van der Waals surface area (Å²) in [4.78, 5) is 0. The molecule has 0 unspecified atom stereocenters. The predicted molar refractivity (Wildman–Crippen MR) is 128 cm³/mol. The van der Waals surface area contributed by atoms with Crippen LogP contribution in [0.15, 0.2) is 42.5 Å². The summed E-state index contributed by atoms with van der Waals surface area (Å²) in [5.41, 5.74) is 1.55. The smallest absolute Gasteiger partial charge is 0.144 e. The molecule has 2 nitrogen and oxygen atoms in total. The van der Waals surface area contributed by atoms with Crippen LogP contribution in [-0.4, -0.2) is 13.7 Å². The quantitative estimate of drug-likeness (QED) is 0.350. The van der Waals surface area contributed by atoms with E-state index in [9.17, 15) is 8.78 Å². The third-order valence-corrected chi connectivity index (χ3v) is 7.21. The summed E-state index contributed by atoms with van der Waals surface area (Å²) >= 11 is 0. The molecule has 0 amide bonds. The van der Waals surface area contributed by atoms with Crippen molar-refractivity contribution in [3.63, 3.8) is 0 Å². The summed E-state index contributed by atoms with van der Waals surface area (Å²) in [5, 5.41) is 10.2. The fourth-order valence-electron chi connectivity index (χ4n) is 5.18. The van der Waals surface area contributed by atoms with E-state index in [0.717, 1.165) is 42.9 Å². The van der Waals surface area contributed by atoms with Gasteiger partial charge in [-0.15, -0.1) is 0 Å². The van der Waals surface area contributed by atoms with Gasteiger partial charge in [0.05, 0.1) is 0 Å². The summed E-state index contributed by atoms with van der Waals surface area (Å²) in [6.07, 6.45) is 7.75. The van der Waals surface area contributed by atoms with Crippen molar-refractivity contribution in [1.29, 1.82) is 5.26 Å². The Bertz CT molecular complexity index is 1170.